The van der Waals surface area contributed by atoms with Crippen LogP contribution in [0.4, 0.5) is 0 Å². The van der Waals surface area contributed by atoms with Gasteiger partial charge in [-0.25, -0.2) is 0 Å². The van der Waals surface area contributed by atoms with Crippen LogP contribution in [-0.2, 0) is 4.74 Å². The van der Waals surface area contributed by atoms with Crippen molar-refractivity contribution in [2.75, 3.05) is 13.2 Å². The van der Waals surface area contributed by atoms with E-state index >= 15 is 0 Å². The Hall–Kier alpha value is 0.240. The van der Waals surface area contributed by atoms with Crippen LogP contribution < -0.4 is 5.32 Å². The fourth-order valence-corrected chi connectivity index (χ4v) is 1.62. The Morgan fingerprint density at radius 3 is 3.08 bits per heavy atom. The van der Waals surface area contributed by atoms with Gasteiger partial charge in [-0.3, -0.25) is 0 Å². The summed E-state index contributed by atoms with van der Waals surface area (Å²) < 4.78 is 5.43. The Balaban J connectivity index is 2.20. The predicted molar refractivity (Wildman–Crippen MR) is 56.2 cm³/mol. The zero-order valence-electron chi connectivity index (χ0n) is 7.72. The van der Waals surface area contributed by atoms with E-state index in [9.17, 15) is 0 Å². The Kier molecular flexibility index (Phi) is 5.10. The van der Waals surface area contributed by atoms with E-state index in [-0.39, 0.29) is 0 Å². The van der Waals surface area contributed by atoms with Crippen LogP contribution in [0, 0.1) is 0 Å². The van der Waals surface area contributed by atoms with Crippen LogP contribution in [0.2, 0.25) is 0 Å². The van der Waals surface area contributed by atoms with Crippen molar-refractivity contribution in [3.63, 3.8) is 0 Å². The van der Waals surface area contributed by atoms with Gasteiger partial charge in [0.15, 0.2) is 0 Å². The number of nitrogens with one attached hydrogen (secondary N) is 1. The van der Waals surface area contributed by atoms with Crippen molar-refractivity contribution in [3.05, 3.63) is 10.6 Å². The first-order valence-electron chi connectivity index (χ1n) is 4.52. The van der Waals surface area contributed by atoms with Crippen LogP contribution in [0.25, 0.3) is 0 Å². The van der Waals surface area contributed by atoms with Crippen molar-refractivity contribution in [3.8, 4) is 0 Å². The number of hydrogen-bond donors (Lipinski definition) is 1. The molecule has 0 spiro atoms. The molecule has 0 saturated carbocycles. The molecule has 1 aliphatic rings. The lowest BCUT2D eigenvalue weighted by Gasteiger charge is -2.27. The van der Waals surface area contributed by atoms with Crippen molar-refractivity contribution >= 4 is 23.2 Å². The summed E-state index contributed by atoms with van der Waals surface area (Å²) in [5.74, 6) is 0. The summed E-state index contributed by atoms with van der Waals surface area (Å²) in [6.45, 7) is 3.58. The second kappa shape index (κ2) is 5.86. The summed E-state index contributed by atoms with van der Waals surface area (Å²) in [6.07, 6.45) is 2.45. The lowest BCUT2D eigenvalue weighted by Crippen LogP contribution is -2.38. The van der Waals surface area contributed by atoms with Crippen LogP contribution in [0.5, 0.6) is 0 Å². The van der Waals surface area contributed by atoms with E-state index in [2.05, 4.69) is 12.2 Å². The lowest BCUT2D eigenvalue weighted by atomic mass is 10.0. The molecule has 0 aromatic heterocycles. The van der Waals surface area contributed by atoms with E-state index in [1.807, 2.05) is 0 Å². The van der Waals surface area contributed by atoms with Crippen LogP contribution in [-0.4, -0.2) is 25.3 Å². The van der Waals surface area contributed by atoms with E-state index in [0.29, 0.717) is 23.7 Å². The third-order valence-electron chi connectivity index (χ3n) is 2.16. The molecule has 4 heteroatoms. The molecule has 0 aliphatic carbocycles. The fourth-order valence-electron chi connectivity index (χ4n) is 1.46. The van der Waals surface area contributed by atoms with E-state index in [1.54, 1.807) is 0 Å². The average Bonchev–Trinajstić information content (AvgIpc) is 2.14. The lowest BCUT2D eigenvalue weighted by molar-refractivity contribution is 0.0140. The Morgan fingerprint density at radius 1 is 1.69 bits per heavy atom. The van der Waals surface area contributed by atoms with Crippen LogP contribution in [0.15, 0.2) is 10.6 Å². The Labute approximate surface area is 89.2 Å². The molecule has 2 unspecified atom stereocenters. The van der Waals surface area contributed by atoms with Gasteiger partial charge in [-0.05, 0) is 19.8 Å². The summed E-state index contributed by atoms with van der Waals surface area (Å²) in [5.41, 5.74) is 1.40. The number of ether oxygens (including phenoxy) is 1. The highest BCUT2D eigenvalue weighted by atomic mass is 35.5. The summed E-state index contributed by atoms with van der Waals surface area (Å²) in [5, 5.41) is 3.99. The molecular formula is C9H15Cl2NO. The summed E-state index contributed by atoms with van der Waals surface area (Å²) in [7, 11) is 0. The molecule has 0 aromatic carbocycles. The first kappa shape index (κ1) is 11.3. The number of rotatable bonds is 3. The van der Waals surface area contributed by atoms with Crippen molar-refractivity contribution in [1.82, 2.24) is 5.32 Å². The van der Waals surface area contributed by atoms with E-state index < -0.39 is 0 Å². The highest BCUT2D eigenvalue weighted by molar-refractivity contribution is 6.36. The van der Waals surface area contributed by atoms with Gasteiger partial charge in [0.1, 0.15) is 0 Å². The van der Waals surface area contributed by atoms with Gasteiger partial charge in [0.25, 0.3) is 0 Å². The highest BCUT2D eigenvalue weighted by Crippen LogP contribution is 2.13. The quantitative estimate of drug-likeness (QED) is 0.795. The minimum absolute atomic E-state index is 0.352. The molecule has 0 amide bonds. The molecule has 0 aromatic rings. The molecule has 1 aliphatic heterocycles. The molecule has 2 atom stereocenters. The molecule has 0 bridgehead atoms. The zero-order chi connectivity index (χ0) is 9.68. The zero-order valence-corrected chi connectivity index (χ0v) is 9.24. The molecule has 2 nitrogen and oxygen atoms in total. The van der Waals surface area contributed by atoms with Gasteiger partial charge >= 0.3 is 0 Å². The Morgan fingerprint density at radius 2 is 2.46 bits per heavy atom. The van der Waals surface area contributed by atoms with Crippen LogP contribution in [0.1, 0.15) is 19.8 Å². The average molecular weight is 224 g/mol. The van der Waals surface area contributed by atoms with E-state index in [0.717, 1.165) is 19.4 Å². The third-order valence-corrected chi connectivity index (χ3v) is 2.78. The van der Waals surface area contributed by atoms with Crippen LogP contribution in [0.3, 0.4) is 0 Å². The topological polar surface area (TPSA) is 21.3 Å². The van der Waals surface area contributed by atoms with Gasteiger partial charge in [0.05, 0.1) is 6.10 Å². The fraction of sp³-hybridized carbons (Fsp3) is 0.778. The van der Waals surface area contributed by atoms with Crippen molar-refractivity contribution < 1.29 is 4.74 Å². The Bertz CT molecular complexity index is 184. The molecule has 1 fully saturated rings. The van der Waals surface area contributed by atoms with Gasteiger partial charge in [-0.1, -0.05) is 23.2 Å². The molecule has 1 N–H and O–H groups in total. The molecule has 1 saturated heterocycles. The molecule has 76 valence electrons. The SMILES string of the molecule is CC1CC(NCC(Cl)=CCl)CCO1. The number of halogens is 2. The maximum Gasteiger partial charge on any atom is 0.0561 e. The smallest absolute Gasteiger partial charge is 0.0561 e. The molecule has 13 heavy (non-hydrogen) atoms. The second-order valence-corrected chi connectivity index (χ2v) is 4.04. The molecule has 1 heterocycles. The normalized spacial score (nSPS) is 30.5. The van der Waals surface area contributed by atoms with Gasteiger partial charge in [0, 0.05) is 29.8 Å². The van der Waals surface area contributed by atoms with Crippen LogP contribution >= 0.6 is 23.2 Å². The third kappa shape index (κ3) is 4.32. The maximum absolute atomic E-state index is 5.76. The van der Waals surface area contributed by atoms with Crippen molar-refractivity contribution in [2.45, 2.75) is 31.9 Å². The van der Waals surface area contributed by atoms with Crippen molar-refractivity contribution in [1.29, 1.82) is 0 Å². The van der Waals surface area contributed by atoms with Gasteiger partial charge < -0.3 is 10.1 Å². The monoisotopic (exact) mass is 223 g/mol. The molecule has 0 radical (unpaired) electrons. The second-order valence-electron chi connectivity index (χ2n) is 3.34. The summed E-state index contributed by atoms with van der Waals surface area (Å²) >= 11 is 11.2. The minimum Gasteiger partial charge on any atom is -0.378 e. The van der Waals surface area contributed by atoms with E-state index in [1.165, 1.54) is 5.54 Å². The standard InChI is InChI=1S/C9H15Cl2NO/c1-7-4-9(2-3-13-7)12-6-8(11)5-10/h5,7,9,12H,2-4,6H2,1H3. The van der Waals surface area contributed by atoms with Gasteiger partial charge in [0.2, 0.25) is 0 Å². The molecular weight excluding hydrogens is 209 g/mol. The number of hydrogen-bond acceptors (Lipinski definition) is 2. The first-order chi connectivity index (χ1) is 6.22. The van der Waals surface area contributed by atoms with E-state index in [4.69, 9.17) is 27.9 Å². The minimum atomic E-state index is 0.352. The first-order valence-corrected chi connectivity index (χ1v) is 5.33. The summed E-state index contributed by atoms with van der Waals surface area (Å²) in [4.78, 5) is 0. The largest absolute Gasteiger partial charge is 0.378 e. The maximum atomic E-state index is 5.76. The van der Waals surface area contributed by atoms with Gasteiger partial charge in [-0.2, -0.15) is 0 Å². The van der Waals surface area contributed by atoms with Crippen molar-refractivity contribution in [2.24, 2.45) is 0 Å². The predicted octanol–water partition coefficient (Wildman–Crippen LogP) is 2.46. The molecule has 1 rings (SSSR count). The summed E-state index contributed by atoms with van der Waals surface area (Å²) in [6, 6.07) is 0.508. The van der Waals surface area contributed by atoms with Gasteiger partial charge in [-0.15, -0.1) is 0 Å². The highest BCUT2D eigenvalue weighted by Gasteiger charge is 2.18.